The van der Waals surface area contributed by atoms with Crippen molar-refractivity contribution in [1.82, 2.24) is 10.6 Å². The van der Waals surface area contributed by atoms with Crippen LogP contribution in [0.5, 0.6) is 0 Å². The first kappa shape index (κ1) is 19.8. The van der Waals surface area contributed by atoms with Crippen molar-refractivity contribution in [2.45, 2.75) is 37.6 Å². The molecular weight excluding hydrogens is 302 g/mol. The van der Waals surface area contributed by atoms with Gasteiger partial charge in [0.2, 0.25) is 11.8 Å². The zero-order chi connectivity index (χ0) is 17.4. The van der Waals surface area contributed by atoms with Crippen LogP contribution >= 0.6 is 0 Å². The largest absolute Gasteiger partial charge is 0.481 e. The molecule has 0 heterocycles. The highest BCUT2D eigenvalue weighted by atomic mass is 16.4. The molecular formula is C11H19N3O8. The van der Waals surface area contributed by atoms with E-state index in [1.807, 2.05) is 10.6 Å². The van der Waals surface area contributed by atoms with E-state index in [2.05, 4.69) is 0 Å². The highest BCUT2D eigenvalue weighted by Gasteiger charge is 2.30. The maximum absolute atomic E-state index is 11.8. The average Bonchev–Trinajstić information content (AvgIpc) is 2.41. The number of rotatable bonds is 9. The third-order valence-corrected chi connectivity index (χ3v) is 2.63. The van der Waals surface area contributed by atoms with E-state index in [-0.39, 0.29) is 0 Å². The maximum atomic E-state index is 11.8. The Kier molecular flexibility index (Phi) is 8.01. The van der Waals surface area contributed by atoms with E-state index in [0.717, 1.165) is 0 Å². The van der Waals surface area contributed by atoms with Gasteiger partial charge in [0.1, 0.15) is 18.1 Å². The Morgan fingerprint density at radius 2 is 1.55 bits per heavy atom. The van der Waals surface area contributed by atoms with Gasteiger partial charge in [-0.1, -0.05) is 0 Å². The van der Waals surface area contributed by atoms with E-state index in [0.29, 0.717) is 0 Å². The van der Waals surface area contributed by atoms with Crippen LogP contribution in [0.15, 0.2) is 0 Å². The molecule has 0 spiro atoms. The quantitative estimate of drug-likeness (QED) is 0.222. The summed E-state index contributed by atoms with van der Waals surface area (Å²) < 4.78 is 0. The number of aliphatic carboxylic acids is 2. The van der Waals surface area contributed by atoms with Crippen LogP contribution in [0, 0.1) is 0 Å². The van der Waals surface area contributed by atoms with Crippen LogP contribution in [0.25, 0.3) is 0 Å². The molecule has 22 heavy (non-hydrogen) atoms. The molecule has 0 aliphatic rings. The van der Waals surface area contributed by atoms with E-state index in [9.17, 15) is 19.2 Å². The van der Waals surface area contributed by atoms with Gasteiger partial charge < -0.3 is 36.8 Å². The average molecular weight is 321 g/mol. The Bertz CT molecular complexity index is 439. The number of carbonyl (C=O) groups excluding carboxylic acids is 2. The topological polar surface area (TPSA) is 199 Å². The molecule has 0 saturated heterocycles. The minimum atomic E-state index is -1.65. The molecule has 0 radical (unpaired) electrons. The van der Waals surface area contributed by atoms with E-state index in [4.69, 9.17) is 26.2 Å². The zero-order valence-corrected chi connectivity index (χ0v) is 11.7. The van der Waals surface area contributed by atoms with Crippen molar-refractivity contribution in [3.63, 3.8) is 0 Å². The van der Waals surface area contributed by atoms with Gasteiger partial charge in [-0.3, -0.25) is 14.4 Å². The van der Waals surface area contributed by atoms with Crippen LogP contribution in [0.2, 0.25) is 0 Å². The standard InChI is InChI=1S/C11H19N3O8/c1-4(16)8(12)10(20)13-5(2-7(17)18)9(19)14-6(3-15)11(21)22/h4-6,8,15-16H,2-3,12H2,1H3,(H,13,20)(H,14,19)(H,17,18)(H,21,22). The molecule has 0 rings (SSSR count). The number of carboxylic acids is 2. The third kappa shape index (κ3) is 6.47. The van der Waals surface area contributed by atoms with E-state index in [1.165, 1.54) is 6.92 Å². The van der Waals surface area contributed by atoms with E-state index in [1.54, 1.807) is 0 Å². The Morgan fingerprint density at radius 1 is 1.05 bits per heavy atom. The molecule has 0 aliphatic heterocycles. The first-order valence-corrected chi connectivity index (χ1v) is 6.20. The second kappa shape index (κ2) is 8.92. The number of nitrogens with two attached hydrogens (primary N) is 1. The van der Waals surface area contributed by atoms with Gasteiger partial charge in [-0.2, -0.15) is 0 Å². The summed E-state index contributed by atoms with van der Waals surface area (Å²) in [6, 6.07) is -4.65. The summed E-state index contributed by atoms with van der Waals surface area (Å²) in [6.45, 7) is 0.310. The lowest BCUT2D eigenvalue weighted by atomic mass is 10.1. The van der Waals surface area contributed by atoms with Crippen molar-refractivity contribution in [2.24, 2.45) is 5.73 Å². The minimum Gasteiger partial charge on any atom is -0.481 e. The van der Waals surface area contributed by atoms with Gasteiger partial charge in [-0.05, 0) is 6.92 Å². The van der Waals surface area contributed by atoms with Crippen molar-refractivity contribution in [3.05, 3.63) is 0 Å². The number of carboxylic acid groups (broad SMARTS) is 2. The summed E-state index contributed by atoms with van der Waals surface area (Å²) in [5, 5.41) is 39.3. The molecule has 0 fully saturated rings. The second-order valence-electron chi connectivity index (χ2n) is 4.51. The van der Waals surface area contributed by atoms with Crippen LogP contribution in [0.4, 0.5) is 0 Å². The fraction of sp³-hybridized carbons (Fsp3) is 0.636. The summed E-state index contributed by atoms with van der Waals surface area (Å²) in [5.41, 5.74) is 5.34. The van der Waals surface area contributed by atoms with Crippen LogP contribution in [0.1, 0.15) is 13.3 Å². The van der Waals surface area contributed by atoms with E-state index >= 15 is 0 Å². The molecule has 0 saturated carbocycles. The van der Waals surface area contributed by atoms with Crippen LogP contribution in [0.3, 0.4) is 0 Å². The van der Waals surface area contributed by atoms with Crippen LogP contribution in [-0.4, -0.2) is 75.0 Å². The Morgan fingerprint density at radius 3 is 1.91 bits per heavy atom. The molecule has 0 aromatic rings. The molecule has 0 aliphatic carbocycles. The predicted molar refractivity (Wildman–Crippen MR) is 70.5 cm³/mol. The number of carbonyl (C=O) groups is 4. The van der Waals surface area contributed by atoms with Crippen molar-refractivity contribution in [3.8, 4) is 0 Å². The number of aliphatic hydroxyl groups is 2. The molecule has 11 heteroatoms. The molecule has 11 nitrogen and oxygen atoms in total. The summed E-state index contributed by atoms with van der Waals surface area (Å²) in [6.07, 6.45) is -2.07. The number of amides is 2. The highest BCUT2D eigenvalue weighted by molar-refractivity contribution is 5.94. The minimum absolute atomic E-state index is 0.831. The summed E-state index contributed by atoms with van der Waals surface area (Å²) in [4.78, 5) is 44.9. The van der Waals surface area contributed by atoms with Gasteiger partial charge in [-0.25, -0.2) is 4.79 Å². The van der Waals surface area contributed by atoms with E-state index < -0.39 is 61.0 Å². The van der Waals surface area contributed by atoms with Gasteiger partial charge in [0.05, 0.1) is 19.1 Å². The fourth-order valence-electron chi connectivity index (χ4n) is 1.33. The maximum Gasteiger partial charge on any atom is 0.328 e. The van der Waals surface area contributed by atoms with Gasteiger partial charge in [0, 0.05) is 0 Å². The van der Waals surface area contributed by atoms with Crippen LogP contribution in [-0.2, 0) is 19.2 Å². The Labute approximate surface area is 125 Å². The third-order valence-electron chi connectivity index (χ3n) is 2.63. The van der Waals surface area contributed by atoms with Gasteiger partial charge in [-0.15, -0.1) is 0 Å². The Balaban J connectivity index is 4.97. The fourth-order valence-corrected chi connectivity index (χ4v) is 1.33. The first-order chi connectivity index (χ1) is 10.1. The molecule has 4 atom stereocenters. The lowest BCUT2D eigenvalue weighted by Gasteiger charge is -2.22. The van der Waals surface area contributed by atoms with Crippen molar-refractivity contribution in [1.29, 1.82) is 0 Å². The van der Waals surface area contributed by atoms with Gasteiger partial charge in [0.15, 0.2) is 0 Å². The normalized spacial score (nSPS) is 16.0. The monoisotopic (exact) mass is 321 g/mol. The molecule has 8 N–H and O–H groups in total. The highest BCUT2D eigenvalue weighted by Crippen LogP contribution is 1.98. The number of nitrogens with one attached hydrogen (secondary N) is 2. The van der Waals surface area contributed by atoms with Gasteiger partial charge in [0.25, 0.3) is 0 Å². The van der Waals surface area contributed by atoms with Crippen molar-refractivity contribution >= 4 is 23.8 Å². The molecule has 2 amide bonds. The molecule has 126 valence electrons. The smallest absolute Gasteiger partial charge is 0.328 e. The summed E-state index contributed by atoms with van der Waals surface area (Å²) >= 11 is 0. The van der Waals surface area contributed by atoms with Crippen molar-refractivity contribution < 1.29 is 39.6 Å². The van der Waals surface area contributed by atoms with Crippen LogP contribution < -0.4 is 16.4 Å². The number of hydrogen-bond donors (Lipinski definition) is 7. The summed E-state index contributed by atoms with van der Waals surface area (Å²) in [7, 11) is 0. The first-order valence-electron chi connectivity index (χ1n) is 6.20. The Hall–Kier alpha value is -2.24. The summed E-state index contributed by atoms with van der Waals surface area (Å²) in [5.74, 6) is -5.05. The molecule has 0 aromatic heterocycles. The predicted octanol–water partition coefficient (Wildman–Crippen LogP) is -3.78. The number of aliphatic hydroxyl groups excluding tert-OH is 2. The lowest BCUT2D eigenvalue weighted by Crippen LogP contribution is -2.57. The lowest BCUT2D eigenvalue weighted by molar-refractivity contribution is -0.144. The SMILES string of the molecule is CC(O)C(N)C(=O)NC(CC(=O)O)C(=O)NC(CO)C(=O)O. The van der Waals surface area contributed by atoms with Gasteiger partial charge >= 0.3 is 11.9 Å². The zero-order valence-electron chi connectivity index (χ0n) is 11.7. The van der Waals surface area contributed by atoms with Crippen molar-refractivity contribution in [2.75, 3.05) is 6.61 Å². The molecule has 0 aromatic carbocycles. The molecule has 0 bridgehead atoms. The number of hydrogen-bond acceptors (Lipinski definition) is 7. The molecule has 4 unspecified atom stereocenters. The second-order valence-corrected chi connectivity index (χ2v) is 4.51.